The fourth-order valence-electron chi connectivity index (χ4n) is 0.326. The van der Waals surface area contributed by atoms with E-state index >= 15 is 0 Å². The van der Waals surface area contributed by atoms with Gasteiger partial charge >= 0.3 is 6.09 Å². The van der Waals surface area contributed by atoms with Crippen LogP contribution in [0.1, 0.15) is 6.92 Å². The summed E-state index contributed by atoms with van der Waals surface area (Å²) in [4.78, 5) is 9.83. The van der Waals surface area contributed by atoms with Crippen LogP contribution < -0.4 is 5.32 Å². The molecule has 0 unspecified atom stereocenters. The maximum Gasteiger partial charge on any atom is 0.404 e. The van der Waals surface area contributed by atoms with Crippen LogP contribution in [0.25, 0.3) is 0 Å². The highest BCUT2D eigenvalue weighted by Gasteiger charge is 2.00. The van der Waals surface area contributed by atoms with Crippen LogP contribution in [0.5, 0.6) is 0 Å². The number of hydrogen-bond acceptors (Lipinski definition) is 2. The van der Waals surface area contributed by atoms with Gasteiger partial charge in [-0.3, -0.25) is 0 Å². The monoisotopic (exact) mass is 133 g/mol. The van der Waals surface area contributed by atoms with Crippen LogP contribution in [0.3, 0.4) is 0 Å². The number of aliphatic hydroxyl groups excluding tert-OH is 1. The fraction of sp³-hybridized carbons (Fsp3) is 0.800. The third-order valence-electron chi connectivity index (χ3n) is 0.913. The fourth-order valence-corrected chi connectivity index (χ4v) is 0.326. The van der Waals surface area contributed by atoms with Gasteiger partial charge in [-0.15, -0.1) is 0 Å². The molecule has 0 fully saturated rings. The second kappa shape index (κ2) is 4.14. The molecule has 54 valence electrons. The molecule has 4 heteroatoms. The summed E-state index contributed by atoms with van der Waals surface area (Å²) in [5, 5.41) is 18.6. The Labute approximate surface area is 53.5 Å². The quantitative estimate of drug-likeness (QED) is 0.502. The van der Waals surface area contributed by atoms with E-state index in [0.29, 0.717) is 6.54 Å². The molecule has 0 radical (unpaired) electrons. The molecule has 0 spiro atoms. The zero-order chi connectivity index (χ0) is 7.28. The molecule has 0 bridgehead atoms. The van der Waals surface area contributed by atoms with E-state index in [-0.39, 0.29) is 12.5 Å². The van der Waals surface area contributed by atoms with Crippen LogP contribution >= 0.6 is 0 Å². The summed E-state index contributed by atoms with van der Waals surface area (Å²) in [6.07, 6.45) is -1.05. The second-order valence-electron chi connectivity index (χ2n) is 1.97. The van der Waals surface area contributed by atoms with Crippen molar-refractivity contribution >= 4 is 6.09 Å². The van der Waals surface area contributed by atoms with Crippen molar-refractivity contribution in [2.24, 2.45) is 5.92 Å². The Balaban J connectivity index is 3.16. The predicted molar refractivity (Wildman–Crippen MR) is 32.3 cm³/mol. The molecule has 0 aromatic carbocycles. The van der Waals surface area contributed by atoms with Crippen molar-refractivity contribution in [3.05, 3.63) is 0 Å². The average Bonchev–Trinajstić information content (AvgIpc) is 1.83. The van der Waals surface area contributed by atoms with E-state index in [9.17, 15) is 4.79 Å². The lowest BCUT2D eigenvalue weighted by molar-refractivity contribution is 0.186. The molecule has 3 N–H and O–H groups in total. The van der Waals surface area contributed by atoms with Gasteiger partial charge in [-0.1, -0.05) is 6.92 Å². The van der Waals surface area contributed by atoms with Gasteiger partial charge in [-0.25, -0.2) is 4.79 Å². The first kappa shape index (κ1) is 8.23. The van der Waals surface area contributed by atoms with E-state index < -0.39 is 6.09 Å². The summed E-state index contributed by atoms with van der Waals surface area (Å²) in [6, 6.07) is 0. The van der Waals surface area contributed by atoms with Gasteiger partial charge < -0.3 is 15.5 Å². The van der Waals surface area contributed by atoms with Crippen molar-refractivity contribution in [2.75, 3.05) is 13.2 Å². The lowest BCUT2D eigenvalue weighted by Gasteiger charge is -2.05. The summed E-state index contributed by atoms with van der Waals surface area (Å²) < 4.78 is 0. The van der Waals surface area contributed by atoms with Crippen LogP contribution in [0.15, 0.2) is 0 Å². The van der Waals surface area contributed by atoms with E-state index in [2.05, 4.69) is 5.32 Å². The Hall–Kier alpha value is -0.770. The lowest BCUT2D eigenvalue weighted by atomic mass is 10.2. The summed E-state index contributed by atoms with van der Waals surface area (Å²) >= 11 is 0. The number of nitrogens with one attached hydrogen (secondary N) is 1. The Bertz CT molecular complexity index is 94.2. The zero-order valence-corrected chi connectivity index (χ0v) is 5.29. The zero-order valence-electron chi connectivity index (χ0n) is 5.29. The molecule has 4 nitrogen and oxygen atoms in total. The molecular weight excluding hydrogens is 122 g/mol. The molecule has 0 aliphatic carbocycles. The number of carboxylic acid groups (broad SMARTS) is 1. The molecule has 1 atom stereocenters. The standard InChI is InChI=1S/C5H11NO3/c1-4(3-7)2-6-5(8)9/h4,6-7H,2-3H2,1H3,(H,8,9)/t4-/m1/s1. The molecule has 0 saturated carbocycles. The first-order chi connectivity index (χ1) is 4.16. The van der Waals surface area contributed by atoms with Crippen molar-refractivity contribution in [3.8, 4) is 0 Å². The summed E-state index contributed by atoms with van der Waals surface area (Å²) in [6.45, 7) is 2.09. The van der Waals surface area contributed by atoms with Crippen LogP contribution in [0.4, 0.5) is 4.79 Å². The van der Waals surface area contributed by atoms with Crippen LogP contribution in [-0.2, 0) is 0 Å². The minimum Gasteiger partial charge on any atom is -0.465 e. The molecule has 0 rings (SSSR count). The number of carbonyl (C=O) groups is 1. The molecule has 0 aliphatic heterocycles. The third kappa shape index (κ3) is 5.10. The van der Waals surface area contributed by atoms with E-state index in [1.54, 1.807) is 6.92 Å². The minimum atomic E-state index is -1.05. The molecule has 0 aromatic heterocycles. The summed E-state index contributed by atoms with van der Waals surface area (Å²) in [7, 11) is 0. The van der Waals surface area contributed by atoms with E-state index in [4.69, 9.17) is 10.2 Å². The number of hydrogen-bond donors (Lipinski definition) is 3. The summed E-state index contributed by atoms with van der Waals surface area (Å²) in [5.41, 5.74) is 0. The van der Waals surface area contributed by atoms with Gasteiger partial charge in [-0.2, -0.15) is 0 Å². The van der Waals surface area contributed by atoms with E-state index in [1.807, 2.05) is 0 Å². The highest BCUT2D eigenvalue weighted by Crippen LogP contribution is 1.87. The minimum absolute atomic E-state index is 0.00102. The highest BCUT2D eigenvalue weighted by atomic mass is 16.4. The van der Waals surface area contributed by atoms with Crippen molar-refractivity contribution in [1.82, 2.24) is 5.32 Å². The Morgan fingerprint density at radius 1 is 1.78 bits per heavy atom. The second-order valence-corrected chi connectivity index (χ2v) is 1.97. The molecule has 9 heavy (non-hydrogen) atoms. The Morgan fingerprint density at radius 3 is 2.67 bits per heavy atom. The van der Waals surface area contributed by atoms with E-state index in [1.165, 1.54) is 0 Å². The average molecular weight is 133 g/mol. The molecule has 0 aliphatic rings. The number of rotatable bonds is 3. The highest BCUT2D eigenvalue weighted by molar-refractivity contribution is 5.64. The number of amides is 1. The van der Waals surface area contributed by atoms with Gasteiger partial charge in [-0.05, 0) is 5.92 Å². The number of aliphatic hydroxyl groups is 1. The molecule has 0 aromatic rings. The lowest BCUT2D eigenvalue weighted by Crippen LogP contribution is -2.27. The maximum atomic E-state index is 9.83. The van der Waals surface area contributed by atoms with Gasteiger partial charge in [0.15, 0.2) is 0 Å². The smallest absolute Gasteiger partial charge is 0.404 e. The van der Waals surface area contributed by atoms with Crippen LogP contribution in [0.2, 0.25) is 0 Å². The largest absolute Gasteiger partial charge is 0.465 e. The molecule has 1 amide bonds. The third-order valence-corrected chi connectivity index (χ3v) is 0.913. The van der Waals surface area contributed by atoms with Gasteiger partial charge in [0.05, 0.1) is 0 Å². The molecule has 0 heterocycles. The van der Waals surface area contributed by atoms with Gasteiger partial charge in [0.1, 0.15) is 0 Å². The maximum absolute atomic E-state index is 9.83. The molecular formula is C5H11NO3. The van der Waals surface area contributed by atoms with E-state index in [0.717, 1.165) is 0 Å². The van der Waals surface area contributed by atoms with Gasteiger partial charge in [0, 0.05) is 13.2 Å². The van der Waals surface area contributed by atoms with Crippen molar-refractivity contribution in [1.29, 1.82) is 0 Å². The van der Waals surface area contributed by atoms with Crippen LogP contribution in [-0.4, -0.2) is 29.5 Å². The van der Waals surface area contributed by atoms with Crippen molar-refractivity contribution < 1.29 is 15.0 Å². The first-order valence-corrected chi connectivity index (χ1v) is 2.74. The Morgan fingerprint density at radius 2 is 2.33 bits per heavy atom. The molecule has 0 saturated heterocycles. The van der Waals surface area contributed by atoms with Crippen LogP contribution in [0, 0.1) is 5.92 Å². The van der Waals surface area contributed by atoms with Crippen molar-refractivity contribution in [2.45, 2.75) is 6.92 Å². The first-order valence-electron chi connectivity index (χ1n) is 2.74. The van der Waals surface area contributed by atoms with Crippen molar-refractivity contribution in [3.63, 3.8) is 0 Å². The van der Waals surface area contributed by atoms with Gasteiger partial charge in [0.2, 0.25) is 0 Å². The normalized spacial score (nSPS) is 12.7. The topological polar surface area (TPSA) is 69.6 Å². The Kier molecular flexibility index (Phi) is 3.79. The predicted octanol–water partition coefficient (Wildman–Crippen LogP) is -0.118. The van der Waals surface area contributed by atoms with Gasteiger partial charge in [0.25, 0.3) is 0 Å². The summed E-state index contributed by atoms with van der Waals surface area (Å²) in [5.74, 6) is 0.00102. The SMILES string of the molecule is C[C@@H](CO)CNC(=O)O.